The van der Waals surface area contributed by atoms with Crippen LogP contribution >= 0.6 is 0 Å². The summed E-state index contributed by atoms with van der Waals surface area (Å²) in [5, 5.41) is 7.95. The van der Waals surface area contributed by atoms with E-state index in [9.17, 15) is 0 Å². The Labute approximate surface area is 114 Å². The number of nitrogens with zero attached hydrogens (tertiary/aromatic N) is 4. The zero-order valence-corrected chi connectivity index (χ0v) is 12.0. The molecule has 0 saturated heterocycles. The Bertz CT molecular complexity index is 573. The molecular formula is C14H21N5. The van der Waals surface area contributed by atoms with Gasteiger partial charge in [0.2, 0.25) is 11.9 Å². The molecule has 0 amide bonds. The van der Waals surface area contributed by atoms with Gasteiger partial charge in [-0.15, -0.1) is 10.2 Å². The summed E-state index contributed by atoms with van der Waals surface area (Å²) in [5.74, 6) is 1.23. The van der Waals surface area contributed by atoms with E-state index in [2.05, 4.69) is 47.1 Å². The van der Waals surface area contributed by atoms with E-state index in [4.69, 9.17) is 5.73 Å². The van der Waals surface area contributed by atoms with Crippen LogP contribution in [0.5, 0.6) is 0 Å². The van der Waals surface area contributed by atoms with Crippen LogP contribution in [0.1, 0.15) is 16.7 Å². The zero-order chi connectivity index (χ0) is 14.0. The average molecular weight is 259 g/mol. The number of rotatable bonds is 4. The lowest BCUT2D eigenvalue weighted by molar-refractivity contribution is 0.792. The number of benzene rings is 1. The summed E-state index contributed by atoms with van der Waals surface area (Å²) < 4.78 is 1.79. The summed E-state index contributed by atoms with van der Waals surface area (Å²) >= 11 is 0. The molecule has 19 heavy (non-hydrogen) atoms. The van der Waals surface area contributed by atoms with Gasteiger partial charge >= 0.3 is 0 Å². The maximum atomic E-state index is 5.69. The summed E-state index contributed by atoms with van der Waals surface area (Å²) in [6.45, 7) is 5.20. The first-order valence-electron chi connectivity index (χ1n) is 6.41. The molecule has 2 aromatic rings. The van der Waals surface area contributed by atoms with Gasteiger partial charge in [-0.25, -0.2) is 0 Å². The minimum Gasteiger partial charge on any atom is -0.368 e. The van der Waals surface area contributed by atoms with E-state index in [-0.39, 0.29) is 0 Å². The van der Waals surface area contributed by atoms with Gasteiger partial charge in [-0.1, -0.05) is 18.2 Å². The Morgan fingerprint density at radius 3 is 2.63 bits per heavy atom. The van der Waals surface area contributed by atoms with Gasteiger partial charge < -0.3 is 10.6 Å². The van der Waals surface area contributed by atoms with Gasteiger partial charge in [0.25, 0.3) is 0 Å². The maximum Gasteiger partial charge on any atom is 0.228 e. The third-order valence-corrected chi connectivity index (χ3v) is 3.66. The Morgan fingerprint density at radius 2 is 2.00 bits per heavy atom. The fourth-order valence-corrected chi connectivity index (χ4v) is 2.14. The van der Waals surface area contributed by atoms with Crippen LogP contribution in [-0.4, -0.2) is 28.4 Å². The topological polar surface area (TPSA) is 60.0 Å². The number of hydrogen-bond donors (Lipinski definition) is 1. The highest BCUT2D eigenvalue weighted by molar-refractivity contribution is 5.37. The Balaban J connectivity index is 2.06. The number of aromatic nitrogens is 3. The molecule has 5 nitrogen and oxygen atoms in total. The molecule has 0 aliphatic heterocycles. The van der Waals surface area contributed by atoms with Crippen LogP contribution in [0.3, 0.4) is 0 Å². The molecule has 0 saturated carbocycles. The summed E-state index contributed by atoms with van der Waals surface area (Å²) in [6.07, 6.45) is 0.983. The predicted octanol–water partition coefficient (Wildman–Crippen LogP) is 1.69. The highest BCUT2D eigenvalue weighted by Gasteiger charge is 2.11. The fraction of sp³-hybridized carbons (Fsp3) is 0.429. The third kappa shape index (κ3) is 2.70. The number of aryl methyl sites for hydroxylation is 1. The average Bonchev–Trinajstić information content (AvgIpc) is 2.72. The minimum atomic E-state index is 0.439. The lowest BCUT2D eigenvalue weighted by Crippen LogP contribution is -2.24. The highest BCUT2D eigenvalue weighted by Crippen LogP contribution is 2.15. The number of likely N-dealkylation sites (N-methyl/N-ethyl adjacent to an activating group) is 1. The molecule has 102 valence electrons. The number of nitrogen functional groups attached to an aromatic ring is 1. The van der Waals surface area contributed by atoms with Crippen LogP contribution in [0.15, 0.2) is 18.2 Å². The smallest absolute Gasteiger partial charge is 0.228 e. The Kier molecular flexibility index (Phi) is 3.74. The van der Waals surface area contributed by atoms with Crippen LogP contribution in [0, 0.1) is 13.8 Å². The van der Waals surface area contributed by atoms with E-state index in [0.717, 1.165) is 18.9 Å². The van der Waals surface area contributed by atoms with Crippen LogP contribution in [0.4, 0.5) is 11.9 Å². The molecule has 1 heterocycles. The molecule has 5 heteroatoms. The van der Waals surface area contributed by atoms with E-state index in [1.54, 1.807) is 4.57 Å². The monoisotopic (exact) mass is 259 g/mol. The first-order chi connectivity index (χ1) is 9.00. The SMILES string of the molecule is Cc1cccc(CCN(C)c2nnc(N)n2C)c1C. The normalized spacial score (nSPS) is 10.7. The summed E-state index contributed by atoms with van der Waals surface area (Å²) in [6, 6.07) is 6.44. The predicted molar refractivity (Wildman–Crippen MR) is 78.3 cm³/mol. The second-order valence-electron chi connectivity index (χ2n) is 4.95. The molecule has 0 fully saturated rings. The fourth-order valence-electron chi connectivity index (χ4n) is 2.14. The molecule has 1 aromatic carbocycles. The van der Waals surface area contributed by atoms with Gasteiger partial charge in [0, 0.05) is 20.6 Å². The molecule has 0 unspecified atom stereocenters. The van der Waals surface area contributed by atoms with Crippen molar-refractivity contribution in [3.8, 4) is 0 Å². The lowest BCUT2D eigenvalue weighted by Gasteiger charge is -2.18. The van der Waals surface area contributed by atoms with Crippen molar-refractivity contribution < 1.29 is 0 Å². The van der Waals surface area contributed by atoms with Crippen molar-refractivity contribution in [2.75, 3.05) is 24.2 Å². The van der Waals surface area contributed by atoms with Gasteiger partial charge in [0.1, 0.15) is 0 Å². The van der Waals surface area contributed by atoms with Gasteiger partial charge in [0.15, 0.2) is 0 Å². The van der Waals surface area contributed by atoms with Crippen molar-refractivity contribution in [2.24, 2.45) is 7.05 Å². The second kappa shape index (κ2) is 5.30. The molecule has 0 atom stereocenters. The lowest BCUT2D eigenvalue weighted by atomic mass is 10.0. The van der Waals surface area contributed by atoms with Crippen molar-refractivity contribution >= 4 is 11.9 Å². The van der Waals surface area contributed by atoms with Gasteiger partial charge in [-0.2, -0.15) is 0 Å². The second-order valence-corrected chi connectivity index (χ2v) is 4.95. The van der Waals surface area contributed by atoms with Gasteiger partial charge in [0.05, 0.1) is 0 Å². The van der Waals surface area contributed by atoms with Crippen LogP contribution < -0.4 is 10.6 Å². The van der Waals surface area contributed by atoms with E-state index < -0.39 is 0 Å². The molecule has 0 aliphatic rings. The molecule has 2 N–H and O–H groups in total. The van der Waals surface area contributed by atoms with E-state index in [1.807, 2.05) is 14.1 Å². The third-order valence-electron chi connectivity index (χ3n) is 3.66. The van der Waals surface area contributed by atoms with Gasteiger partial charge in [-0.05, 0) is 37.0 Å². The van der Waals surface area contributed by atoms with Crippen molar-refractivity contribution in [3.63, 3.8) is 0 Å². The van der Waals surface area contributed by atoms with Crippen LogP contribution in [0.25, 0.3) is 0 Å². The van der Waals surface area contributed by atoms with Crippen molar-refractivity contribution in [3.05, 3.63) is 34.9 Å². The molecule has 1 aromatic heterocycles. The van der Waals surface area contributed by atoms with E-state index in [1.165, 1.54) is 16.7 Å². The molecule has 0 aliphatic carbocycles. The summed E-state index contributed by atoms with van der Waals surface area (Å²) in [4.78, 5) is 2.07. The van der Waals surface area contributed by atoms with Crippen LogP contribution in [-0.2, 0) is 13.5 Å². The zero-order valence-electron chi connectivity index (χ0n) is 12.0. The van der Waals surface area contributed by atoms with Crippen molar-refractivity contribution in [2.45, 2.75) is 20.3 Å². The largest absolute Gasteiger partial charge is 0.368 e. The number of anilines is 2. The standard InChI is InChI=1S/C14H21N5/c1-10-6-5-7-12(11(10)2)8-9-18(3)14-17-16-13(15)19(14)4/h5-7H,8-9H2,1-4H3,(H2,15,16). The first kappa shape index (κ1) is 13.4. The Hall–Kier alpha value is -2.04. The van der Waals surface area contributed by atoms with Gasteiger partial charge in [-0.3, -0.25) is 4.57 Å². The number of hydrogen-bond acceptors (Lipinski definition) is 4. The quantitative estimate of drug-likeness (QED) is 0.907. The van der Waals surface area contributed by atoms with Crippen molar-refractivity contribution in [1.29, 1.82) is 0 Å². The molecule has 2 rings (SSSR count). The summed E-state index contributed by atoms with van der Waals surface area (Å²) in [5.41, 5.74) is 9.77. The Morgan fingerprint density at radius 1 is 1.26 bits per heavy atom. The molecular weight excluding hydrogens is 238 g/mol. The van der Waals surface area contributed by atoms with Crippen molar-refractivity contribution in [1.82, 2.24) is 14.8 Å². The summed E-state index contributed by atoms with van der Waals surface area (Å²) in [7, 11) is 3.88. The minimum absolute atomic E-state index is 0.439. The maximum absolute atomic E-state index is 5.69. The van der Waals surface area contributed by atoms with Crippen LogP contribution in [0.2, 0.25) is 0 Å². The first-order valence-corrected chi connectivity index (χ1v) is 6.41. The van der Waals surface area contributed by atoms with E-state index >= 15 is 0 Å². The highest BCUT2D eigenvalue weighted by atomic mass is 15.4. The molecule has 0 radical (unpaired) electrons. The molecule has 0 spiro atoms. The number of nitrogens with two attached hydrogens (primary N) is 1. The molecule has 0 bridgehead atoms. The van der Waals surface area contributed by atoms with E-state index in [0.29, 0.717) is 5.95 Å².